The first-order valence-electron chi connectivity index (χ1n) is 5.71. The van der Waals surface area contributed by atoms with Gasteiger partial charge >= 0.3 is 0 Å². The molecule has 1 fully saturated rings. The number of nitrogens with one attached hydrogen (secondary N) is 1. The molecule has 0 bridgehead atoms. The van der Waals surface area contributed by atoms with E-state index < -0.39 is 0 Å². The van der Waals surface area contributed by atoms with Crippen molar-refractivity contribution in [2.24, 2.45) is 5.92 Å². The Morgan fingerprint density at radius 3 is 2.80 bits per heavy atom. The fourth-order valence-electron chi connectivity index (χ4n) is 1.86. The molecule has 1 N–H and O–H groups in total. The molecule has 15 heavy (non-hydrogen) atoms. The molecule has 1 saturated carbocycles. The Morgan fingerprint density at radius 2 is 2.20 bits per heavy atom. The minimum Gasteiger partial charge on any atom is -0.312 e. The highest BCUT2D eigenvalue weighted by molar-refractivity contribution is 5.23. The summed E-state index contributed by atoms with van der Waals surface area (Å²) in [5.41, 5.74) is 1.76. The maximum absolute atomic E-state index is 13.2. The van der Waals surface area contributed by atoms with Gasteiger partial charge in [0.25, 0.3) is 0 Å². The van der Waals surface area contributed by atoms with Gasteiger partial charge in [0.15, 0.2) is 0 Å². The van der Waals surface area contributed by atoms with Gasteiger partial charge in [0.05, 0.1) is 0 Å². The molecule has 1 aliphatic rings. The molecule has 0 aliphatic heterocycles. The lowest BCUT2D eigenvalue weighted by molar-refractivity contribution is 0.301. The summed E-state index contributed by atoms with van der Waals surface area (Å²) < 4.78 is 13.2. The summed E-state index contributed by atoms with van der Waals surface area (Å²) >= 11 is 0. The highest BCUT2D eigenvalue weighted by atomic mass is 19.1. The van der Waals surface area contributed by atoms with Crippen LogP contribution in [0.1, 0.15) is 30.4 Å². The lowest BCUT2D eigenvalue weighted by Crippen LogP contribution is -2.26. The quantitative estimate of drug-likeness (QED) is 0.800. The van der Waals surface area contributed by atoms with Gasteiger partial charge in [-0.3, -0.25) is 0 Å². The first kappa shape index (κ1) is 10.6. The van der Waals surface area contributed by atoms with Crippen LogP contribution >= 0.6 is 0 Å². The van der Waals surface area contributed by atoms with Gasteiger partial charge in [0.2, 0.25) is 0 Å². The number of aryl methyl sites for hydroxylation is 1. The summed E-state index contributed by atoms with van der Waals surface area (Å²) in [6.45, 7) is 3.66. The second kappa shape index (κ2) is 4.75. The van der Waals surface area contributed by atoms with Crippen molar-refractivity contribution in [1.29, 1.82) is 0 Å². The van der Waals surface area contributed by atoms with E-state index in [-0.39, 0.29) is 5.82 Å². The Morgan fingerprint density at radius 1 is 1.40 bits per heavy atom. The van der Waals surface area contributed by atoms with E-state index in [0.717, 1.165) is 30.1 Å². The zero-order chi connectivity index (χ0) is 10.7. The van der Waals surface area contributed by atoms with Gasteiger partial charge in [0, 0.05) is 6.54 Å². The summed E-state index contributed by atoms with van der Waals surface area (Å²) in [5, 5.41) is 3.38. The van der Waals surface area contributed by atoms with E-state index in [9.17, 15) is 4.39 Å². The van der Waals surface area contributed by atoms with Crippen molar-refractivity contribution in [3.8, 4) is 0 Å². The smallest absolute Gasteiger partial charge is 0.126 e. The first-order chi connectivity index (χ1) is 7.25. The fourth-order valence-corrected chi connectivity index (χ4v) is 1.86. The number of hydrogen-bond donors (Lipinski definition) is 1. The number of hydrogen-bond acceptors (Lipinski definition) is 1. The van der Waals surface area contributed by atoms with E-state index in [1.165, 1.54) is 19.3 Å². The van der Waals surface area contributed by atoms with Crippen LogP contribution in [0.25, 0.3) is 0 Å². The van der Waals surface area contributed by atoms with Crippen LogP contribution in [0.3, 0.4) is 0 Å². The molecule has 0 radical (unpaired) electrons. The van der Waals surface area contributed by atoms with E-state index >= 15 is 0 Å². The van der Waals surface area contributed by atoms with E-state index in [1.54, 1.807) is 13.0 Å². The van der Waals surface area contributed by atoms with Crippen LogP contribution in [0, 0.1) is 18.7 Å². The van der Waals surface area contributed by atoms with E-state index in [0.29, 0.717) is 0 Å². The van der Waals surface area contributed by atoms with Gasteiger partial charge in [-0.15, -0.1) is 0 Å². The predicted octanol–water partition coefficient (Wildman–Crippen LogP) is 3.02. The summed E-state index contributed by atoms with van der Waals surface area (Å²) in [5.74, 6) is 0.762. The standard InChI is InChI=1S/C13H18FN/c1-10-5-6-12(7-13(10)14)9-15-8-11-3-2-4-11/h5-7,11,15H,2-4,8-9H2,1H3. The predicted molar refractivity (Wildman–Crippen MR) is 60.2 cm³/mol. The summed E-state index contributed by atoms with van der Waals surface area (Å²) in [7, 11) is 0. The number of rotatable bonds is 4. The third-order valence-corrected chi connectivity index (χ3v) is 3.22. The second-order valence-electron chi connectivity index (χ2n) is 4.51. The van der Waals surface area contributed by atoms with Crippen molar-refractivity contribution < 1.29 is 4.39 Å². The SMILES string of the molecule is Cc1ccc(CNCC2CCC2)cc1F. The lowest BCUT2D eigenvalue weighted by Gasteiger charge is -2.25. The molecule has 1 aromatic rings. The molecular formula is C13H18FN. The molecule has 1 aromatic carbocycles. The maximum Gasteiger partial charge on any atom is 0.126 e. The van der Waals surface area contributed by atoms with Crippen LogP contribution < -0.4 is 5.32 Å². The van der Waals surface area contributed by atoms with Crippen LogP contribution in [0.2, 0.25) is 0 Å². The molecule has 0 aromatic heterocycles. The monoisotopic (exact) mass is 207 g/mol. The third-order valence-electron chi connectivity index (χ3n) is 3.22. The molecule has 1 nitrogen and oxygen atoms in total. The highest BCUT2D eigenvalue weighted by Crippen LogP contribution is 2.25. The van der Waals surface area contributed by atoms with Crippen molar-refractivity contribution in [2.45, 2.75) is 32.7 Å². The Kier molecular flexibility index (Phi) is 3.37. The summed E-state index contributed by atoms with van der Waals surface area (Å²) in [6, 6.07) is 5.46. The van der Waals surface area contributed by atoms with Crippen molar-refractivity contribution in [2.75, 3.05) is 6.54 Å². The Bertz CT molecular complexity index is 331. The normalized spacial score (nSPS) is 16.4. The van der Waals surface area contributed by atoms with Crippen molar-refractivity contribution in [3.05, 3.63) is 35.1 Å². The number of benzene rings is 1. The molecule has 2 rings (SSSR count). The van der Waals surface area contributed by atoms with Gasteiger partial charge in [0.1, 0.15) is 5.82 Å². The van der Waals surface area contributed by atoms with Crippen LogP contribution in [0.5, 0.6) is 0 Å². The van der Waals surface area contributed by atoms with Gasteiger partial charge in [-0.2, -0.15) is 0 Å². The third kappa shape index (κ3) is 2.78. The van der Waals surface area contributed by atoms with Crippen LogP contribution in [-0.2, 0) is 6.54 Å². The van der Waals surface area contributed by atoms with Crippen LogP contribution in [0.15, 0.2) is 18.2 Å². The van der Waals surface area contributed by atoms with Crippen LogP contribution in [0.4, 0.5) is 4.39 Å². The van der Waals surface area contributed by atoms with E-state index in [4.69, 9.17) is 0 Å². The Hall–Kier alpha value is -0.890. The van der Waals surface area contributed by atoms with Crippen LogP contribution in [-0.4, -0.2) is 6.54 Å². The molecule has 0 spiro atoms. The maximum atomic E-state index is 13.2. The van der Waals surface area contributed by atoms with Crippen molar-refractivity contribution in [1.82, 2.24) is 5.32 Å². The van der Waals surface area contributed by atoms with Gasteiger partial charge in [-0.1, -0.05) is 18.6 Å². The topological polar surface area (TPSA) is 12.0 Å². The summed E-state index contributed by atoms with van der Waals surface area (Å²) in [6.07, 6.45) is 4.09. The number of halogens is 1. The first-order valence-corrected chi connectivity index (χ1v) is 5.71. The zero-order valence-corrected chi connectivity index (χ0v) is 9.22. The molecule has 0 amide bonds. The Labute approximate surface area is 90.7 Å². The van der Waals surface area contributed by atoms with Gasteiger partial charge in [-0.05, 0) is 49.4 Å². The van der Waals surface area contributed by atoms with E-state index in [1.807, 2.05) is 12.1 Å². The largest absolute Gasteiger partial charge is 0.312 e. The molecule has 0 saturated heterocycles. The average Bonchev–Trinajstić information content (AvgIpc) is 2.15. The second-order valence-corrected chi connectivity index (χ2v) is 4.51. The highest BCUT2D eigenvalue weighted by Gasteiger charge is 2.16. The Balaban J connectivity index is 1.79. The minimum atomic E-state index is -0.0991. The lowest BCUT2D eigenvalue weighted by atomic mass is 9.85. The van der Waals surface area contributed by atoms with Crippen molar-refractivity contribution >= 4 is 0 Å². The van der Waals surface area contributed by atoms with E-state index in [2.05, 4.69) is 5.32 Å². The molecule has 0 unspecified atom stereocenters. The zero-order valence-electron chi connectivity index (χ0n) is 9.22. The minimum absolute atomic E-state index is 0.0991. The molecule has 0 atom stereocenters. The molecular weight excluding hydrogens is 189 g/mol. The molecule has 2 heteroatoms. The molecule has 82 valence electrons. The summed E-state index contributed by atoms with van der Waals surface area (Å²) in [4.78, 5) is 0. The van der Waals surface area contributed by atoms with Gasteiger partial charge < -0.3 is 5.32 Å². The van der Waals surface area contributed by atoms with Gasteiger partial charge in [-0.25, -0.2) is 4.39 Å². The molecule has 0 heterocycles. The fraction of sp³-hybridized carbons (Fsp3) is 0.538. The molecule has 1 aliphatic carbocycles. The van der Waals surface area contributed by atoms with Crippen molar-refractivity contribution in [3.63, 3.8) is 0 Å². The average molecular weight is 207 g/mol.